The summed E-state index contributed by atoms with van der Waals surface area (Å²) in [4.78, 5) is 20.6. The van der Waals surface area contributed by atoms with Gasteiger partial charge in [-0.2, -0.15) is 5.10 Å². The number of nitrogens with zero attached hydrogens (tertiary/aromatic N) is 4. The zero-order chi connectivity index (χ0) is 21.9. The predicted molar refractivity (Wildman–Crippen MR) is 107 cm³/mol. The molecule has 3 aromatic heterocycles. The number of anilines is 1. The van der Waals surface area contributed by atoms with E-state index in [4.69, 9.17) is 4.74 Å². The number of aromatic nitrogens is 5. The van der Waals surface area contributed by atoms with Gasteiger partial charge in [0, 0.05) is 17.1 Å². The number of nitrogens with one attached hydrogen (secondary N) is 2. The maximum atomic E-state index is 15.2. The van der Waals surface area contributed by atoms with E-state index in [1.54, 1.807) is 16.8 Å². The number of imidazole rings is 1. The second kappa shape index (κ2) is 6.98. The number of hydrogen-bond donors (Lipinski definition) is 3. The molecule has 5 rings (SSSR count). The molecule has 0 aliphatic heterocycles. The fourth-order valence-electron chi connectivity index (χ4n) is 3.73. The normalized spacial score (nSPS) is 19.0. The summed E-state index contributed by atoms with van der Waals surface area (Å²) >= 11 is 0. The summed E-state index contributed by atoms with van der Waals surface area (Å²) in [6.45, 7) is 1.45. The van der Waals surface area contributed by atoms with Crippen LogP contribution >= 0.6 is 0 Å². The molecule has 0 spiro atoms. The van der Waals surface area contributed by atoms with Crippen LogP contribution < -0.4 is 10.1 Å². The highest BCUT2D eigenvalue weighted by atomic mass is 19.1. The summed E-state index contributed by atoms with van der Waals surface area (Å²) in [5.74, 6) is -1.57. The number of amides is 1. The first kappa shape index (κ1) is 19.4. The Hall–Kier alpha value is -3.60. The molecule has 4 aromatic rings. The number of aliphatic hydroxyl groups is 1. The lowest BCUT2D eigenvalue weighted by atomic mass is 9.98. The zero-order valence-corrected chi connectivity index (χ0v) is 16.6. The topological polar surface area (TPSA) is 117 Å². The van der Waals surface area contributed by atoms with Gasteiger partial charge in [0.1, 0.15) is 6.17 Å². The molecule has 31 heavy (non-hydrogen) atoms. The number of benzene rings is 1. The first-order valence-corrected chi connectivity index (χ1v) is 9.59. The number of halogens is 2. The summed E-state index contributed by atoms with van der Waals surface area (Å²) in [5, 5.41) is 19.9. The van der Waals surface area contributed by atoms with Gasteiger partial charge in [-0.05, 0) is 13.3 Å². The zero-order valence-electron chi connectivity index (χ0n) is 16.6. The monoisotopic (exact) mass is 428 g/mol. The van der Waals surface area contributed by atoms with Gasteiger partial charge in [-0.15, -0.1) is 0 Å². The minimum atomic E-state index is -1.10. The standard InChI is InChI=1S/C20H18F2N6O3/c1-8(29)15-17(22)19(31-2)16(10-4-24-27-18(10)15)12-6-28-7-13(25-14(28)5-23-12)26-20(30)9-3-11(9)21/h4-9,11,29H,3H2,1-2H3,(H,24,27)(H,26,30)/t8?,9-,11+/m1/s1. The Labute approximate surface area is 174 Å². The van der Waals surface area contributed by atoms with Crippen LogP contribution in [0.4, 0.5) is 14.6 Å². The van der Waals surface area contributed by atoms with Crippen molar-refractivity contribution in [3.05, 3.63) is 36.2 Å². The van der Waals surface area contributed by atoms with Crippen LogP contribution in [0.2, 0.25) is 0 Å². The molecule has 3 atom stereocenters. The lowest BCUT2D eigenvalue weighted by Gasteiger charge is -2.16. The largest absolute Gasteiger partial charge is 0.493 e. The number of hydrogen-bond acceptors (Lipinski definition) is 6. The third-order valence-electron chi connectivity index (χ3n) is 5.36. The number of carbonyl (C=O) groups is 1. The van der Waals surface area contributed by atoms with Crippen molar-refractivity contribution in [2.24, 2.45) is 5.92 Å². The summed E-state index contributed by atoms with van der Waals surface area (Å²) in [7, 11) is 1.33. The number of methoxy groups -OCH3 is 1. The molecule has 1 amide bonds. The first-order valence-electron chi connectivity index (χ1n) is 9.59. The van der Waals surface area contributed by atoms with Crippen molar-refractivity contribution in [3.8, 4) is 17.0 Å². The highest BCUT2D eigenvalue weighted by molar-refractivity contribution is 5.99. The Bertz CT molecular complexity index is 1330. The van der Waals surface area contributed by atoms with Crippen LogP contribution in [0.25, 0.3) is 27.8 Å². The van der Waals surface area contributed by atoms with E-state index in [-0.39, 0.29) is 23.6 Å². The highest BCUT2D eigenvalue weighted by Crippen LogP contribution is 2.42. The van der Waals surface area contributed by atoms with Crippen molar-refractivity contribution in [2.45, 2.75) is 25.6 Å². The molecule has 160 valence electrons. The molecular weight excluding hydrogens is 410 g/mol. The summed E-state index contributed by atoms with van der Waals surface area (Å²) in [6.07, 6.45) is 4.18. The number of H-pyrrole nitrogens is 1. The number of aliphatic hydroxyl groups excluding tert-OH is 1. The van der Waals surface area contributed by atoms with E-state index in [2.05, 4.69) is 25.5 Å². The summed E-state index contributed by atoms with van der Waals surface area (Å²) < 4.78 is 35.2. The SMILES string of the molecule is COc1c(F)c(C(C)O)c2[nH]ncc2c1-c1cn2cc(NC(=O)[C@@H]3C[C@@H]3F)nc2cn1. The molecule has 1 fully saturated rings. The number of aromatic amines is 1. The molecular formula is C20H18F2N6O3. The van der Waals surface area contributed by atoms with E-state index in [9.17, 15) is 14.3 Å². The molecule has 1 saturated carbocycles. The third-order valence-corrected chi connectivity index (χ3v) is 5.36. The molecule has 0 bridgehead atoms. The number of fused-ring (bicyclic) bond motifs is 2. The van der Waals surface area contributed by atoms with Crippen LogP contribution in [0.15, 0.2) is 24.8 Å². The van der Waals surface area contributed by atoms with Crippen molar-refractivity contribution >= 4 is 28.3 Å². The van der Waals surface area contributed by atoms with E-state index < -0.39 is 29.9 Å². The molecule has 3 heterocycles. The number of carbonyl (C=O) groups excluding carboxylic acids is 1. The lowest BCUT2D eigenvalue weighted by Crippen LogP contribution is -2.15. The number of alkyl halides is 1. The fraction of sp³-hybridized carbons (Fsp3) is 0.300. The van der Waals surface area contributed by atoms with Gasteiger partial charge in [-0.3, -0.25) is 14.9 Å². The fourth-order valence-corrected chi connectivity index (χ4v) is 3.73. The molecule has 11 heteroatoms. The predicted octanol–water partition coefficient (Wildman–Crippen LogP) is 2.77. The average Bonchev–Trinajstić information content (AvgIpc) is 3.11. The van der Waals surface area contributed by atoms with Crippen LogP contribution in [0.1, 0.15) is 25.0 Å². The van der Waals surface area contributed by atoms with E-state index in [1.165, 1.54) is 26.4 Å². The molecule has 1 unspecified atom stereocenters. The van der Waals surface area contributed by atoms with Gasteiger partial charge in [0.25, 0.3) is 0 Å². The minimum Gasteiger partial charge on any atom is -0.493 e. The number of ether oxygens (including phenoxy) is 1. The maximum absolute atomic E-state index is 15.2. The molecule has 1 aromatic carbocycles. The van der Waals surface area contributed by atoms with Crippen LogP contribution in [0, 0.1) is 11.7 Å². The Morgan fingerprint density at radius 1 is 1.42 bits per heavy atom. The Kier molecular flexibility index (Phi) is 4.36. The van der Waals surface area contributed by atoms with Crippen LogP contribution in [0.3, 0.4) is 0 Å². The van der Waals surface area contributed by atoms with Gasteiger partial charge in [0.05, 0.1) is 54.5 Å². The molecule has 1 aliphatic carbocycles. The van der Waals surface area contributed by atoms with Gasteiger partial charge >= 0.3 is 0 Å². The van der Waals surface area contributed by atoms with Crippen molar-refractivity contribution in [1.29, 1.82) is 0 Å². The summed E-state index contributed by atoms with van der Waals surface area (Å²) in [6, 6.07) is 0. The van der Waals surface area contributed by atoms with E-state index in [0.717, 1.165) is 0 Å². The Balaban J connectivity index is 1.61. The summed E-state index contributed by atoms with van der Waals surface area (Å²) in [5.41, 5.74) is 1.55. The van der Waals surface area contributed by atoms with Crippen molar-refractivity contribution < 1.29 is 23.4 Å². The molecule has 3 N–H and O–H groups in total. The smallest absolute Gasteiger partial charge is 0.231 e. The second-order valence-corrected chi connectivity index (χ2v) is 7.48. The van der Waals surface area contributed by atoms with Crippen molar-refractivity contribution in [3.63, 3.8) is 0 Å². The molecule has 0 saturated heterocycles. The van der Waals surface area contributed by atoms with Crippen LogP contribution in [0.5, 0.6) is 5.75 Å². The Morgan fingerprint density at radius 3 is 2.87 bits per heavy atom. The van der Waals surface area contributed by atoms with Gasteiger partial charge in [-0.1, -0.05) is 0 Å². The van der Waals surface area contributed by atoms with Gasteiger partial charge in [0.2, 0.25) is 5.91 Å². The van der Waals surface area contributed by atoms with E-state index in [1.807, 2.05) is 0 Å². The third kappa shape index (κ3) is 3.08. The first-order chi connectivity index (χ1) is 14.9. The highest BCUT2D eigenvalue weighted by Gasteiger charge is 2.43. The van der Waals surface area contributed by atoms with Gasteiger partial charge < -0.3 is 19.6 Å². The minimum absolute atomic E-state index is 0.0491. The number of rotatable bonds is 5. The van der Waals surface area contributed by atoms with Crippen molar-refractivity contribution in [2.75, 3.05) is 12.4 Å². The maximum Gasteiger partial charge on any atom is 0.231 e. The molecule has 1 aliphatic rings. The average molecular weight is 428 g/mol. The lowest BCUT2D eigenvalue weighted by molar-refractivity contribution is -0.117. The quantitative estimate of drug-likeness (QED) is 0.450. The van der Waals surface area contributed by atoms with Crippen molar-refractivity contribution in [1.82, 2.24) is 24.6 Å². The van der Waals surface area contributed by atoms with E-state index in [0.29, 0.717) is 27.8 Å². The molecule has 9 nitrogen and oxygen atoms in total. The van der Waals surface area contributed by atoms with Crippen LogP contribution in [-0.2, 0) is 4.79 Å². The van der Waals surface area contributed by atoms with Gasteiger partial charge in [-0.25, -0.2) is 13.8 Å². The van der Waals surface area contributed by atoms with E-state index >= 15 is 4.39 Å². The van der Waals surface area contributed by atoms with Gasteiger partial charge in [0.15, 0.2) is 23.0 Å². The Morgan fingerprint density at radius 2 is 2.19 bits per heavy atom. The van der Waals surface area contributed by atoms with Crippen LogP contribution in [-0.4, -0.2) is 48.9 Å². The second-order valence-electron chi connectivity index (χ2n) is 7.48. The molecule has 0 radical (unpaired) electrons.